The molecule has 1 aliphatic heterocycles. The van der Waals surface area contributed by atoms with Crippen LogP contribution in [0, 0.1) is 0 Å². The van der Waals surface area contributed by atoms with Gasteiger partial charge in [-0.1, -0.05) is 12.1 Å². The molecule has 0 spiro atoms. The van der Waals surface area contributed by atoms with E-state index in [4.69, 9.17) is 0 Å². The Balaban J connectivity index is 1.93. The van der Waals surface area contributed by atoms with Crippen molar-refractivity contribution in [2.45, 2.75) is 25.4 Å². The number of halogens is 3. The zero-order valence-corrected chi connectivity index (χ0v) is 12.7. The van der Waals surface area contributed by atoms with Gasteiger partial charge in [-0.25, -0.2) is 13.1 Å². The van der Waals surface area contributed by atoms with Gasteiger partial charge in [-0.05, 0) is 24.1 Å². The lowest BCUT2D eigenvalue weighted by atomic mass is 10.2. The topological polar surface area (TPSA) is 58.6 Å². The van der Waals surface area contributed by atoms with Gasteiger partial charge in [0.25, 0.3) is 0 Å². The second-order valence-electron chi connectivity index (χ2n) is 5.31. The van der Waals surface area contributed by atoms with Gasteiger partial charge in [0.15, 0.2) is 0 Å². The molecule has 0 saturated carbocycles. The molecule has 0 aromatic heterocycles. The van der Waals surface area contributed by atoms with Gasteiger partial charge >= 0.3 is 6.36 Å². The van der Waals surface area contributed by atoms with Crippen molar-refractivity contribution in [3.8, 4) is 5.75 Å². The Morgan fingerprint density at radius 1 is 1.41 bits per heavy atom. The van der Waals surface area contributed by atoms with E-state index in [9.17, 15) is 21.6 Å². The average molecular weight is 338 g/mol. The molecule has 0 bridgehead atoms. The number of likely N-dealkylation sites (tertiary alicyclic amines) is 1. The number of sulfonamides is 1. The number of hydrogen-bond acceptors (Lipinski definition) is 4. The van der Waals surface area contributed by atoms with Gasteiger partial charge in [0.1, 0.15) is 5.75 Å². The summed E-state index contributed by atoms with van der Waals surface area (Å²) in [4.78, 5) is 1.98. The van der Waals surface area contributed by atoms with Crippen LogP contribution in [0.1, 0.15) is 12.0 Å². The summed E-state index contributed by atoms with van der Waals surface area (Å²) in [7, 11) is -3.25. The Morgan fingerprint density at radius 3 is 2.77 bits per heavy atom. The molecule has 2 rings (SSSR count). The molecule has 1 aliphatic rings. The molecule has 0 amide bonds. The van der Waals surface area contributed by atoms with E-state index >= 15 is 0 Å². The molecule has 1 saturated heterocycles. The lowest BCUT2D eigenvalue weighted by molar-refractivity contribution is -0.274. The van der Waals surface area contributed by atoms with E-state index in [1.165, 1.54) is 18.2 Å². The quantitative estimate of drug-likeness (QED) is 0.888. The molecule has 1 N–H and O–H groups in total. The first-order valence-electron chi connectivity index (χ1n) is 6.65. The number of hydrogen-bond donors (Lipinski definition) is 1. The van der Waals surface area contributed by atoms with Crippen molar-refractivity contribution in [1.29, 1.82) is 0 Å². The zero-order valence-electron chi connectivity index (χ0n) is 11.9. The predicted molar refractivity (Wildman–Crippen MR) is 74.8 cm³/mol. The molecular weight excluding hydrogens is 321 g/mol. The third-order valence-corrected chi connectivity index (χ3v) is 3.95. The van der Waals surface area contributed by atoms with E-state index in [-0.39, 0.29) is 11.8 Å². The van der Waals surface area contributed by atoms with E-state index in [0.717, 1.165) is 6.26 Å². The Kier molecular flexibility index (Phi) is 4.98. The summed E-state index contributed by atoms with van der Waals surface area (Å²) in [6, 6.07) is 5.63. The minimum absolute atomic E-state index is 0.162. The van der Waals surface area contributed by atoms with Crippen molar-refractivity contribution in [3.63, 3.8) is 0 Å². The lowest BCUT2D eigenvalue weighted by Crippen LogP contribution is -2.36. The van der Waals surface area contributed by atoms with Gasteiger partial charge in [-0.15, -0.1) is 13.2 Å². The fraction of sp³-hybridized carbons (Fsp3) is 0.538. The van der Waals surface area contributed by atoms with Crippen molar-refractivity contribution in [1.82, 2.24) is 9.62 Å². The molecule has 0 radical (unpaired) electrons. The molecular formula is C13H17F3N2O3S. The van der Waals surface area contributed by atoms with Gasteiger partial charge < -0.3 is 4.74 Å². The van der Waals surface area contributed by atoms with Crippen molar-refractivity contribution in [2.24, 2.45) is 0 Å². The van der Waals surface area contributed by atoms with Crippen molar-refractivity contribution in [2.75, 3.05) is 19.3 Å². The Hall–Kier alpha value is -1.32. The molecule has 5 nitrogen and oxygen atoms in total. The van der Waals surface area contributed by atoms with Crippen LogP contribution in [0.15, 0.2) is 24.3 Å². The fourth-order valence-electron chi connectivity index (χ4n) is 2.47. The molecule has 1 aromatic rings. The van der Waals surface area contributed by atoms with E-state index in [0.29, 0.717) is 31.6 Å². The van der Waals surface area contributed by atoms with E-state index in [1.54, 1.807) is 6.07 Å². The fourth-order valence-corrected chi connectivity index (χ4v) is 3.27. The van der Waals surface area contributed by atoms with E-state index < -0.39 is 16.4 Å². The van der Waals surface area contributed by atoms with Crippen molar-refractivity contribution in [3.05, 3.63) is 29.8 Å². The smallest absolute Gasteiger partial charge is 0.406 e. The largest absolute Gasteiger partial charge is 0.573 e. The summed E-state index contributed by atoms with van der Waals surface area (Å²) in [6.07, 6.45) is -2.93. The average Bonchev–Trinajstić information content (AvgIpc) is 2.72. The maximum Gasteiger partial charge on any atom is 0.573 e. The maximum absolute atomic E-state index is 12.2. The highest BCUT2D eigenvalue weighted by Crippen LogP contribution is 2.24. The summed E-state index contributed by atoms with van der Waals surface area (Å²) in [5.41, 5.74) is 0.682. The second-order valence-corrected chi connectivity index (χ2v) is 7.09. The van der Waals surface area contributed by atoms with Crippen LogP contribution >= 0.6 is 0 Å². The molecule has 9 heteroatoms. The molecule has 0 unspecified atom stereocenters. The van der Waals surface area contributed by atoms with Crippen LogP contribution < -0.4 is 9.46 Å². The molecule has 1 heterocycles. The molecule has 0 aliphatic carbocycles. The monoisotopic (exact) mass is 338 g/mol. The summed E-state index contributed by atoms with van der Waals surface area (Å²) in [6.45, 7) is 1.64. The predicted octanol–water partition coefficient (Wildman–Crippen LogP) is 1.71. The van der Waals surface area contributed by atoms with Crippen LogP contribution in [-0.2, 0) is 16.6 Å². The normalized spacial score (nSPS) is 20.3. The maximum atomic E-state index is 12.2. The summed E-state index contributed by atoms with van der Waals surface area (Å²) >= 11 is 0. The molecule has 22 heavy (non-hydrogen) atoms. The zero-order chi connectivity index (χ0) is 16.4. The van der Waals surface area contributed by atoms with Gasteiger partial charge in [0, 0.05) is 25.7 Å². The van der Waals surface area contributed by atoms with Crippen LogP contribution in [0.25, 0.3) is 0 Å². The minimum atomic E-state index is -4.71. The molecule has 124 valence electrons. The van der Waals surface area contributed by atoms with Crippen LogP contribution in [0.4, 0.5) is 13.2 Å². The summed E-state index contributed by atoms with van der Waals surface area (Å²) in [5.74, 6) is -0.255. The summed E-state index contributed by atoms with van der Waals surface area (Å²) < 4.78 is 65.3. The molecule has 1 atom stereocenters. The van der Waals surface area contributed by atoms with Crippen molar-refractivity contribution >= 4 is 10.0 Å². The van der Waals surface area contributed by atoms with Gasteiger partial charge in [0.05, 0.1) is 6.26 Å². The number of benzene rings is 1. The number of nitrogens with zero attached hydrogens (tertiary/aromatic N) is 1. The number of alkyl halides is 3. The van der Waals surface area contributed by atoms with Crippen LogP contribution in [0.5, 0.6) is 5.75 Å². The Labute approximate surface area is 127 Å². The highest BCUT2D eigenvalue weighted by Gasteiger charge is 2.31. The number of nitrogens with one attached hydrogen (secondary N) is 1. The van der Waals surface area contributed by atoms with Gasteiger partial charge in [-0.2, -0.15) is 0 Å². The highest BCUT2D eigenvalue weighted by molar-refractivity contribution is 7.88. The number of rotatable bonds is 5. The van der Waals surface area contributed by atoms with E-state index in [1.807, 2.05) is 4.90 Å². The number of ether oxygens (including phenoxy) is 1. The van der Waals surface area contributed by atoms with Gasteiger partial charge in [-0.3, -0.25) is 4.90 Å². The minimum Gasteiger partial charge on any atom is -0.406 e. The third-order valence-electron chi connectivity index (χ3n) is 3.19. The lowest BCUT2D eigenvalue weighted by Gasteiger charge is -2.17. The SMILES string of the molecule is CS(=O)(=O)N[C@@H]1CCN(Cc2cccc(OC(F)(F)F)c2)C1. The first kappa shape index (κ1) is 17.0. The Bertz CT molecular complexity index is 619. The Morgan fingerprint density at radius 2 is 2.14 bits per heavy atom. The van der Waals surface area contributed by atoms with E-state index in [2.05, 4.69) is 9.46 Å². The van der Waals surface area contributed by atoms with Crippen LogP contribution in [0.3, 0.4) is 0 Å². The van der Waals surface area contributed by atoms with Gasteiger partial charge in [0.2, 0.25) is 10.0 Å². The highest BCUT2D eigenvalue weighted by atomic mass is 32.2. The standard InChI is InChI=1S/C13H17F3N2O3S/c1-22(19,20)17-11-5-6-18(9-11)8-10-3-2-4-12(7-10)21-13(14,15)16/h2-4,7,11,17H,5-6,8-9H2,1H3/t11-/m1/s1. The first-order valence-corrected chi connectivity index (χ1v) is 8.54. The summed E-state index contributed by atoms with van der Waals surface area (Å²) in [5, 5.41) is 0. The van der Waals surface area contributed by atoms with Crippen LogP contribution in [-0.4, -0.2) is 45.1 Å². The third kappa shape index (κ3) is 5.82. The molecule has 1 aromatic carbocycles. The first-order chi connectivity index (χ1) is 10.1. The van der Waals surface area contributed by atoms with Crippen LogP contribution in [0.2, 0.25) is 0 Å². The molecule has 1 fully saturated rings. The second kappa shape index (κ2) is 6.43. The van der Waals surface area contributed by atoms with Crippen molar-refractivity contribution < 1.29 is 26.3 Å².